The Kier molecular flexibility index (Phi) is 4.69. The molecular weight excluding hydrogens is 324 g/mol. The molecule has 1 aliphatic rings. The van der Waals surface area contributed by atoms with Crippen molar-refractivity contribution in [3.05, 3.63) is 60.2 Å². The molecule has 1 amide bonds. The molecule has 0 unspecified atom stereocenters. The highest BCUT2D eigenvalue weighted by molar-refractivity contribution is 5.81. The number of carbonyl (C=O) groups excluding carboxylic acids is 1. The minimum Gasteiger partial charge on any atom is -0.341 e. The van der Waals surface area contributed by atoms with E-state index in [0.717, 1.165) is 54.9 Å². The molecule has 1 aliphatic heterocycles. The van der Waals surface area contributed by atoms with Crippen molar-refractivity contribution in [1.29, 1.82) is 0 Å². The Morgan fingerprint density at radius 3 is 2.88 bits per heavy atom. The standard InChI is InChI=1S/C21H24N4O/c1-16-23-19-9-2-3-10-20(19)25(16)15-21(26)24-12-6-7-17(14-24)13-18-8-4-5-11-22-18/h2-5,8-11,17H,6-7,12-15H2,1H3/t17-/m1/s1. The van der Waals surface area contributed by atoms with Crippen LogP contribution in [0.4, 0.5) is 0 Å². The highest BCUT2D eigenvalue weighted by Crippen LogP contribution is 2.21. The molecule has 1 saturated heterocycles. The van der Waals surface area contributed by atoms with Crippen molar-refractivity contribution in [3.63, 3.8) is 0 Å². The summed E-state index contributed by atoms with van der Waals surface area (Å²) in [6.45, 7) is 4.00. The van der Waals surface area contributed by atoms with E-state index in [4.69, 9.17) is 0 Å². The third-order valence-corrected chi connectivity index (χ3v) is 5.23. The third-order valence-electron chi connectivity index (χ3n) is 5.23. The van der Waals surface area contributed by atoms with E-state index in [0.29, 0.717) is 12.5 Å². The van der Waals surface area contributed by atoms with Crippen LogP contribution in [-0.4, -0.2) is 38.4 Å². The second kappa shape index (κ2) is 7.28. The fourth-order valence-electron chi connectivity index (χ4n) is 3.90. The van der Waals surface area contributed by atoms with Crippen LogP contribution in [0.3, 0.4) is 0 Å². The first-order valence-electron chi connectivity index (χ1n) is 9.30. The van der Waals surface area contributed by atoms with E-state index < -0.39 is 0 Å². The van der Waals surface area contributed by atoms with Crippen molar-refractivity contribution < 1.29 is 4.79 Å². The summed E-state index contributed by atoms with van der Waals surface area (Å²) in [6.07, 6.45) is 5.01. The van der Waals surface area contributed by atoms with E-state index in [2.05, 4.69) is 16.0 Å². The van der Waals surface area contributed by atoms with E-state index in [1.807, 2.05) is 59.0 Å². The minimum absolute atomic E-state index is 0.182. The Balaban J connectivity index is 1.45. The second-order valence-corrected chi connectivity index (χ2v) is 7.11. The minimum atomic E-state index is 0.182. The first kappa shape index (κ1) is 16.8. The molecule has 3 heterocycles. The average Bonchev–Trinajstić information content (AvgIpc) is 2.98. The number of pyridine rings is 1. The number of para-hydroxylation sites is 2. The molecule has 0 radical (unpaired) electrons. The number of aromatic nitrogens is 3. The van der Waals surface area contributed by atoms with Crippen LogP contribution in [0.5, 0.6) is 0 Å². The molecule has 0 N–H and O–H groups in total. The number of rotatable bonds is 4. The first-order valence-corrected chi connectivity index (χ1v) is 9.30. The molecule has 1 fully saturated rings. The van der Waals surface area contributed by atoms with Crippen LogP contribution < -0.4 is 0 Å². The van der Waals surface area contributed by atoms with Crippen LogP contribution in [0.2, 0.25) is 0 Å². The smallest absolute Gasteiger partial charge is 0.242 e. The molecule has 0 aliphatic carbocycles. The number of hydrogen-bond acceptors (Lipinski definition) is 3. The summed E-state index contributed by atoms with van der Waals surface area (Å²) >= 11 is 0. The van der Waals surface area contributed by atoms with Gasteiger partial charge in [0.1, 0.15) is 12.4 Å². The number of hydrogen-bond donors (Lipinski definition) is 0. The molecule has 0 saturated carbocycles. The van der Waals surface area contributed by atoms with Crippen molar-refractivity contribution >= 4 is 16.9 Å². The Morgan fingerprint density at radius 1 is 1.19 bits per heavy atom. The van der Waals surface area contributed by atoms with Crippen molar-refractivity contribution in [2.75, 3.05) is 13.1 Å². The third kappa shape index (κ3) is 3.47. The highest BCUT2D eigenvalue weighted by Gasteiger charge is 2.25. The van der Waals surface area contributed by atoms with Crippen LogP contribution >= 0.6 is 0 Å². The van der Waals surface area contributed by atoms with Crippen LogP contribution in [-0.2, 0) is 17.8 Å². The first-order chi connectivity index (χ1) is 12.7. The Bertz CT molecular complexity index is 903. The van der Waals surface area contributed by atoms with Gasteiger partial charge in [-0.25, -0.2) is 4.98 Å². The molecule has 2 aromatic heterocycles. The quantitative estimate of drug-likeness (QED) is 0.727. The summed E-state index contributed by atoms with van der Waals surface area (Å²) in [4.78, 5) is 23.9. The van der Waals surface area contributed by atoms with Crippen LogP contribution in [0.25, 0.3) is 11.0 Å². The van der Waals surface area contributed by atoms with Crippen molar-refractivity contribution in [3.8, 4) is 0 Å². The maximum Gasteiger partial charge on any atom is 0.242 e. The largest absolute Gasteiger partial charge is 0.341 e. The van der Waals surface area contributed by atoms with Crippen LogP contribution in [0.15, 0.2) is 48.7 Å². The van der Waals surface area contributed by atoms with Crippen molar-refractivity contribution in [1.82, 2.24) is 19.4 Å². The fourth-order valence-corrected chi connectivity index (χ4v) is 3.90. The van der Waals surface area contributed by atoms with Gasteiger partial charge in [-0.3, -0.25) is 9.78 Å². The van der Waals surface area contributed by atoms with E-state index in [1.54, 1.807) is 0 Å². The number of piperidine rings is 1. The summed E-state index contributed by atoms with van der Waals surface area (Å²) in [5.41, 5.74) is 3.09. The van der Waals surface area contributed by atoms with E-state index in [-0.39, 0.29) is 5.91 Å². The van der Waals surface area contributed by atoms with Gasteiger partial charge in [-0.1, -0.05) is 18.2 Å². The zero-order chi connectivity index (χ0) is 17.9. The lowest BCUT2D eigenvalue weighted by molar-refractivity contribution is -0.133. The lowest BCUT2D eigenvalue weighted by Crippen LogP contribution is -2.42. The number of amides is 1. The van der Waals surface area contributed by atoms with Crippen LogP contribution in [0.1, 0.15) is 24.4 Å². The Morgan fingerprint density at radius 2 is 2.04 bits per heavy atom. The topological polar surface area (TPSA) is 51.0 Å². The van der Waals surface area contributed by atoms with Gasteiger partial charge >= 0.3 is 0 Å². The maximum absolute atomic E-state index is 12.9. The molecular formula is C21H24N4O. The second-order valence-electron chi connectivity index (χ2n) is 7.11. The maximum atomic E-state index is 12.9. The molecule has 5 nitrogen and oxygen atoms in total. The molecule has 0 spiro atoms. The van der Waals surface area contributed by atoms with Gasteiger partial charge in [0.2, 0.25) is 5.91 Å². The molecule has 0 bridgehead atoms. The van der Waals surface area contributed by atoms with Gasteiger partial charge in [0.25, 0.3) is 0 Å². The van der Waals surface area contributed by atoms with Crippen molar-refractivity contribution in [2.45, 2.75) is 32.7 Å². The summed E-state index contributed by atoms with van der Waals surface area (Å²) in [7, 11) is 0. The number of carbonyl (C=O) groups is 1. The number of nitrogens with zero attached hydrogens (tertiary/aromatic N) is 4. The van der Waals surface area contributed by atoms with Gasteiger partial charge in [0, 0.05) is 25.0 Å². The SMILES string of the molecule is Cc1nc2ccccc2n1CC(=O)N1CCC[C@H](Cc2ccccn2)C1. The molecule has 5 heteroatoms. The Labute approximate surface area is 153 Å². The van der Waals surface area contributed by atoms with Crippen molar-refractivity contribution in [2.24, 2.45) is 5.92 Å². The number of imidazole rings is 1. The Hall–Kier alpha value is -2.69. The fraction of sp³-hybridized carbons (Fsp3) is 0.381. The summed E-state index contributed by atoms with van der Waals surface area (Å²) < 4.78 is 2.03. The van der Waals surface area contributed by atoms with E-state index >= 15 is 0 Å². The normalized spacial score (nSPS) is 17.6. The lowest BCUT2D eigenvalue weighted by atomic mass is 9.93. The van der Waals surface area contributed by atoms with Gasteiger partial charge < -0.3 is 9.47 Å². The predicted molar refractivity (Wildman–Crippen MR) is 102 cm³/mol. The molecule has 1 atom stereocenters. The zero-order valence-corrected chi connectivity index (χ0v) is 15.1. The molecule has 3 aromatic rings. The summed E-state index contributed by atoms with van der Waals surface area (Å²) in [5, 5.41) is 0. The van der Waals surface area contributed by atoms with Gasteiger partial charge in [0.15, 0.2) is 0 Å². The molecule has 134 valence electrons. The lowest BCUT2D eigenvalue weighted by Gasteiger charge is -2.33. The summed E-state index contributed by atoms with van der Waals surface area (Å²) in [5.74, 6) is 1.56. The highest BCUT2D eigenvalue weighted by atomic mass is 16.2. The van der Waals surface area contributed by atoms with Gasteiger partial charge in [-0.05, 0) is 56.4 Å². The number of likely N-dealkylation sites (tertiary alicyclic amines) is 1. The predicted octanol–water partition coefficient (Wildman–Crippen LogP) is 3.22. The number of benzene rings is 1. The van der Waals surface area contributed by atoms with Gasteiger partial charge in [-0.2, -0.15) is 0 Å². The number of aryl methyl sites for hydroxylation is 1. The number of fused-ring (bicyclic) bond motifs is 1. The monoisotopic (exact) mass is 348 g/mol. The summed E-state index contributed by atoms with van der Waals surface area (Å²) in [6, 6.07) is 14.0. The average molecular weight is 348 g/mol. The molecule has 1 aromatic carbocycles. The molecule has 4 rings (SSSR count). The molecule has 26 heavy (non-hydrogen) atoms. The van der Waals surface area contributed by atoms with Crippen LogP contribution in [0, 0.1) is 12.8 Å². The van der Waals surface area contributed by atoms with Gasteiger partial charge in [-0.15, -0.1) is 0 Å². The van der Waals surface area contributed by atoms with Gasteiger partial charge in [0.05, 0.1) is 11.0 Å². The zero-order valence-electron chi connectivity index (χ0n) is 15.1. The van der Waals surface area contributed by atoms with E-state index in [9.17, 15) is 4.79 Å². The van der Waals surface area contributed by atoms with E-state index in [1.165, 1.54) is 0 Å².